The molecule has 0 aliphatic heterocycles. The zero-order valence-corrected chi connectivity index (χ0v) is 10.8. The Morgan fingerprint density at radius 2 is 1.44 bits per heavy atom. The molecule has 0 bridgehead atoms. The molecule has 0 spiro atoms. The maximum absolute atomic E-state index is 9.50. The number of rotatable bonds is 2. The van der Waals surface area contributed by atoms with Gasteiger partial charge in [-0.25, -0.2) is 0 Å². The van der Waals surface area contributed by atoms with Gasteiger partial charge in [-0.3, -0.25) is 4.99 Å². The number of phenolic OH excluding ortho intramolecular Hbond substituents is 2. The van der Waals surface area contributed by atoms with Gasteiger partial charge in [0.25, 0.3) is 0 Å². The van der Waals surface area contributed by atoms with Gasteiger partial charge >= 0.3 is 21.0 Å². The van der Waals surface area contributed by atoms with E-state index in [9.17, 15) is 10.2 Å². The van der Waals surface area contributed by atoms with Crippen molar-refractivity contribution in [3.05, 3.63) is 54.1 Å². The molecule has 0 amide bonds. The zero-order valence-electron chi connectivity index (χ0n) is 9.39. The first-order valence-corrected chi connectivity index (χ1v) is 5.63. The van der Waals surface area contributed by atoms with Crippen LogP contribution >= 0.6 is 0 Å². The molecular formula is C13H11NO3V. The molecule has 0 saturated heterocycles. The van der Waals surface area contributed by atoms with Crippen molar-refractivity contribution in [1.82, 2.24) is 0 Å². The first kappa shape index (κ1) is 14.2. The van der Waals surface area contributed by atoms with Crippen molar-refractivity contribution in [3.63, 3.8) is 0 Å². The van der Waals surface area contributed by atoms with Gasteiger partial charge in [-0.1, -0.05) is 24.3 Å². The fourth-order valence-corrected chi connectivity index (χ4v) is 1.31. The second-order valence-electron chi connectivity index (χ2n) is 3.31. The van der Waals surface area contributed by atoms with Crippen LogP contribution in [0.25, 0.3) is 0 Å². The van der Waals surface area contributed by atoms with Crippen LogP contribution in [0.3, 0.4) is 0 Å². The molecule has 4 nitrogen and oxygen atoms in total. The molecule has 0 saturated carbocycles. The number of hydrogen-bond acceptors (Lipinski definition) is 4. The number of benzene rings is 2. The normalized spacial score (nSPS) is 9.72. The van der Waals surface area contributed by atoms with E-state index in [0.29, 0.717) is 11.3 Å². The first-order chi connectivity index (χ1) is 8.77. The summed E-state index contributed by atoms with van der Waals surface area (Å²) < 4.78 is 8.19. The molecule has 2 rings (SSSR count). The van der Waals surface area contributed by atoms with Crippen molar-refractivity contribution >= 4 is 11.9 Å². The van der Waals surface area contributed by atoms with Gasteiger partial charge in [0, 0.05) is 11.8 Å². The summed E-state index contributed by atoms with van der Waals surface area (Å²) in [5.41, 5.74) is 1.09. The van der Waals surface area contributed by atoms with E-state index in [4.69, 9.17) is 3.67 Å². The van der Waals surface area contributed by atoms with E-state index in [1.54, 1.807) is 42.5 Å². The first-order valence-electron chi connectivity index (χ1n) is 5.05. The van der Waals surface area contributed by atoms with Crippen LogP contribution < -0.4 is 0 Å². The summed E-state index contributed by atoms with van der Waals surface area (Å²) in [6, 6.07) is 13.7. The van der Waals surface area contributed by atoms with Crippen LogP contribution in [0.15, 0.2) is 53.5 Å². The third-order valence-corrected chi connectivity index (χ3v) is 2.16. The van der Waals surface area contributed by atoms with E-state index >= 15 is 0 Å². The molecule has 0 aliphatic rings. The standard InChI is InChI=1S/C13H11NO2.O.V/c15-12-7-3-1-5-10(12)9-14-11-6-2-4-8-13(11)16;;/h1-9,15-16H;;. The Morgan fingerprint density at radius 1 is 0.889 bits per heavy atom. The molecule has 2 aromatic carbocycles. The Labute approximate surface area is 114 Å². The van der Waals surface area contributed by atoms with Gasteiger partial charge in [0.2, 0.25) is 0 Å². The van der Waals surface area contributed by atoms with E-state index in [0.717, 1.165) is 17.4 Å². The van der Waals surface area contributed by atoms with Gasteiger partial charge < -0.3 is 10.2 Å². The third kappa shape index (κ3) is 3.84. The van der Waals surface area contributed by atoms with Gasteiger partial charge in [-0.2, -0.15) is 0 Å². The number of hydrogen-bond donors (Lipinski definition) is 2. The predicted octanol–water partition coefficient (Wildman–Crippen LogP) is 2.73. The van der Waals surface area contributed by atoms with Crippen LogP contribution in [0.4, 0.5) is 5.69 Å². The Morgan fingerprint density at radius 3 is 2.06 bits per heavy atom. The fraction of sp³-hybridized carbons (Fsp3) is 0. The molecule has 18 heavy (non-hydrogen) atoms. The summed E-state index contributed by atoms with van der Waals surface area (Å²) in [6.07, 6.45) is 1.52. The van der Waals surface area contributed by atoms with Gasteiger partial charge in [0.05, 0.1) is 0 Å². The molecule has 0 radical (unpaired) electrons. The van der Waals surface area contributed by atoms with Gasteiger partial charge in [0.15, 0.2) is 0 Å². The quantitative estimate of drug-likeness (QED) is 0.831. The van der Waals surface area contributed by atoms with E-state index in [2.05, 4.69) is 4.99 Å². The Hall–Kier alpha value is -1.91. The number of phenols is 2. The van der Waals surface area contributed by atoms with Crippen molar-refractivity contribution in [3.8, 4) is 11.5 Å². The summed E-state index contributed by atoms with van der Waals surface area (Å²) >= 11 is 1.06. The molecule has 0 fully saturated rings. The molecular weight excluding hydrogens is 269 g/mol. The van der Waals surface area contributed by atoms with Crippen LogP contribution in [-0.4, -0.2) is 16.4 Å². The minimum absolute atomic E-state index is 0.120. The van der Waals surface area contributed by atoms with Crippen molar-refractivity contribution in [2.75, 3.05) is 0 Å². The van der Waals surface area contributed by atoms with Crippen LogP contribution in [0, 0.1) is 0 Å². The Balaban J connectivity index is 0.000000771. The van der Waals surface area contributed by atoms with Crippen LogP contribution in [0.5, 0.6) is 11.5 Å². The molecule has 0 atom stereocenters. The molecule has 2 N–H and O–H groups in total. The molecule has 0 unspecified atom stereocenters. The molecule has 2 aromatic rings. The van der Waals surface area contributed by atoms with Crippen molar-refractivity contribution in [2.24, 2.45) is 4.99 Å². The summed E-state index contributed by atoms with van der Waals surface area (Å²) in [4.78, 5) is 4.10. The maximum atomic E-state index is 9.50. The van der Waals surface area contributed by atoms with Crippen molar-refractivity contribution in [2.45, 2.75) is 0 Å². The topological polar surface area (TPSA) is 69.9 Å². The van der Waals surface area contributed by atoms with Crippen LogP contribution in [0.2, 0.25) is 0 Å². The van der Waals surface area contributed by atoms with Gasteiger partial charge in [-0.05, 0) is 24.3 Å². The second-order valence-corrected chi connectivity index (χ2v) is 3.31. The molecule has 5 heteroatoms. The van der Waals surface area contributed by atoms with Crippen LogP contribution in [-0.2, 0) is 21.0 Å². The number of aromatic hydroxyl groups is 2. The zero-order chi connectivity index (χ0) is 13.4. The number of aliphatic imine (C=N–C) groups is 1. The minimum atomic E-state index is 0.120. The monoisotopic (exact) mass is 280 g/mol. The van der Waals surface area contributed by atoms with Gasteiger partial charge in [-0.15, -0.1) is 0 Å². The average Bonchev–Trinajstić information content (AvgIpc) is 2.42. The van der Waals surface area contributed by atoms with Gasteiger partial charge in [0.1, 0.15) is 17.2 Å². The van der Waals surface area contributed by atoms with E-state index < -0.39 is 0 Å². The van der Waals surface area contributed by atoms with E-state index in [-0.39, 0.29) is 11.5 Å². The van der Waals surface area contributed by atoms with Crippen molar-refractivity contribution < 1.29 is 31.3 Å². The second kappa shape index (κ2) is 7.43. The summed E-state index contributed by atoms with van der Waals surface area (Å²) in [6.45, 7) is 0. The molecule has 0 heterocycles. The van der Waals surface area contributed by atoms with Crippen LogP contribution in [0.1, 0.15) is 5.56 Å². The summed E-state index contributed by atoms with van der Waals surface area (Å²) in [5, 5.41) is 19.0. The summed E-state index contributed by atoms with van der Waals surface area (Å²) in [7, 11) is 0. The fourth-order valence-electron chi connectivity index (χ4n) is 1.31. The number of para-hydroxylation sites is 3. The van der Waals surface area contributed by atoms with E-state index in [1.165, 1.54) is 6.21 Å². The van der Waals surface area contributed by atoms with Crippen molar-refractivity contribution in [1.29, 1.82) is 0 Å². The Bertz CT molecular complexity index is 496. The predicted molar refractivity (Wildman–Crippen MR) is 64.2 cm³/mol. The third-order valence-electron chi connectivity index (χ3n) is 2.16. The Kier molecular flexibility index (Phi) is 5.84. The molecule has 0 aromatic heterocycles. The SMILES string of the molecule is Oc1ccccc1C=Nc1ccccc1O.[O]=[V]. The summed E-state index contributed by atoms with van der Waals surface area (Å²) in [5.74, 6) is 0.288. The van der Waals surface area contributed by atoms with E-state index in [1.807, 2.05) is 6.07 Å². The number of nitrogens with zero attached hydrogens (tertiary/aromatic N) is 1. The molecule has 0 aliphatic carbocycles. The average molecular weight is 280 g/mol. The molecule has 91 valence electrons.